The van der Waals surface area contributed by atoms with Crippen LogP contribution in [0, 0.1) is 18.7 Å². The Morgan fingerprint density at radius 3 is 2.62 bits per heavy atom. The fraction of sp³-hybridized carbons (Fsp3) is 0.393. The van der Waals surface area contributed by atoms with E-state index in [0.29, 0.717) is 13.0 Å². The van der Waals surface area contributed by atoms with Crippen molar-refractivity contribution in [3.8, 4) is 5.75 Å². The Hall–Kier alpha value is -2.75. The summed E-state index contributed by atoms with van der Waals surface area (Å²) >= 11 is 1.62. The molecule has 2 aromatic carbocycles. The lowest BCUT2D eigenvalue weighted by atomic mass is 10.0. The van der Waals surface area contributed by atoms with E-state index < -0.39 is 21.9 Å². The fourth-order valence-electron chi connectivity index (χ4n) is 4.43. The van der Waals surface area contributed by atoms with Crippen molar-refractivity contribution in [2.75, 3.05) is 26.2 Å². The first-order chi connectivity index (χ1) is 17.7. The van der Waals surface area contributed by atoms with Crippen molar-refractivity contribution < 1.29 is 22.3 Å². The summed E-state index contributed by atoms with van der Waals surface area (Å²) in [6.45, 7) is 6.37. The molecule has 1 amide bonds. The van der Waals surface area contributed by atoms with Crippen LogP contribution in [0.1, 0.15) is 42.3 Å². The molecule has 4 rings (SSSR count). The topological polar surface area (TPSA) is 66.9 Å². The maximum Gasteiger partial charge on any atom is 0.243 e. The number of carbonyl (C=O) groups is 1. The van der Waals surface area contributed by atoms with Crippen LogP contribution in [-0.4, -0.2) is 49.8 Å². The highest BCUT2D eigenvalue weighted by molar-refractivity contribution is 7.89. The average molecular weight is 545 g/mol. The number of ether oxygens (including phenoxy) is 1. The van der Waals surface area contributed by atoms with Crippen molar-refractivity contribution in [1.29, 1.82) is 0 Å². The molecule has 6 nitrogen and oxygen atoms in total. The third-order valence-electron chi connectivity index (χ3n) is 6.83. The Labute approximate surface area is 222 Å². The maximum absolute atomic E-state index is 14.2. The van der Waals surface area contributed by atoms with E-state index in [4.69, 9.17) is 4.74 Å². The zero-order valence-electron chi connectivity index (χ0n) is 21.4. The van der Waals surface area contributed by atoms with Crippen molar-refractivity contribution in [3.05, 3.63) is 81.8 Å². The number of thiophene rings is 1. The predicted molar refractivity (Wildman–Crippen MR) is 144 cm³/mol. The molecule has 0 aliphatic carbocycles. The van der Waals surface area contributed by atoms with Crippen LogP contribution in [0.2, 0.25) is 0 Å². The number of fused-ring (bicyclic) bond motifs is 1. The molecule has 0 unspecified atom stereocenters. The lowest BCUT2D eigenvalue weighted by Crippen LogP contribution is -2.48. The largest absolute Gasteiger partial charge is 0.488 e. The van der Waals surface area contributed by atoms with Gasteiger partial charge >= 0.3 is 0 Å². The van der Waals surface area contributed by atoms with Gasteiger partial charge in [-0.15, -0.1) is 11.3 Å². The molecule has 1 aliphatic heterocycles. The monoisotopic (exact) mass is 544 g/mol. The summed E-state index contributed by atoms with van der Waals surface area (Å²) in [4.78, 5) is 16.7. The molecule has 0 radical (unpaired) electrons. The summed E-state index contributed by atoms with van der Waals surface area (Å²) in [7, 11) is -3.88. The molecule has 198 valence electrons. The molecule has 37 heavy (non-hydrogen) atoms. The molecule has 0 spiro atoms. The number of amides is 1. The van der Waals surface area contributed by atoms with Crippen LogP contribution in [-0.2, 0) is 21.2 Å². The Morgan fingerprint density at radius 1 is 1.19 bits per heavy atom. The van der Waals surface area contributed by atoms with Crippen LogP contribution in [0.25, 0.3) is 0 Å². The highest BCUT2D eigenvalue weighted by atomic mass is 32.2. The van der Waals surface area contributed by atoms with Gasteiger partial charge in [-0.2, -0.15) is 4.31 Å². The number of aryl methyl sites for hydroxylation is 1. The third kappa shape index (κ3) is 6.22. The number of para-hydroxylation sites is 1. The predicted octanol–water partition coefficient (Wildman–Crippen LogP) is 5.44. The first-order valence-electron chi connectivity index (χ1n) is 12.5. The van der Waals surface area contributed by atoms with Gasteiger partial charge in [0.15, 0.2) is 11.6 Å². The number of sulfonamides is 1. The minimum Gasteiger partial charge on any atom is -0.488 e. The second-order valence-corrected chi connectivity index (χ2v) is 12.5. The lowest BCUT2D eigenvalue weighted by molar-refractivity contribution is -0.135. The van der Waals surface area contributed by atoms with Crippen molar-refractivity contribution in [2.45, 2.75) is 44.6 Å². The minimum absolute atomic E-state index is 0.0759. The maximum atomic E-state index is 14.2. The zero-order valence-corrected chi connectivity index (χ0v) is 23.0. The summed E-state index contributed by atoms with van der Waals surface area (Å²) in [5.74, 6) is -0.556. The second kappa shape index (κ2) is 11.8. The normalized spacial score (nSPS) is 16.5. The number of halogens is 1. The summed E-state index contributed by atoms with van der Waals surface area (Å²) in [6.07, 6.45) is 1.47. The van der Waals surface area contributed by atoms with Gasteiger partial charge in [0, 0.05) is 18.0 Å². The molecule has 2 heterocycles. The molecule has 0 bridgehead atoms. The summed E-state index contributed by atoms with van der Waals surface area (Å²) in [5.41, 5.74) is 1.93. The van der Waals surface area contributed by atoms with Crippen LogP contribution in [0.15, 0.2) is 64.9 Å². The molecule has 0 saturated heterocycles. The van der Waals surface area contributed by atoms with E-state index in [9.17, 15) is 17.6 Å². The average Bonchev–Trinajstić information content (AvgIpc) is 3.37. The van der Waals surface area contributed by atoms with Gasteiger partial charge < -0.3 is 9.64 Å². The summed E-state index contributed by atoms with van der Waals surface area (Å²) in [6, 6.07) is 14.4. The molecular formula is C28H33FN2O4S2. The lowest BCUT2D eigenvalue weighted by Gasteiger charge is -2.37. The molecule has 9 heteroatoms. The van der Waals surface area contributed by atoms with Crippen LogP contribution >= 0.6 is 11.3 Å². The van der Waals surface area contributed by atoms with Crippen molar-refractivity contribution in [3.63, 3.8) is 0 Å². The minimum atomic E-state index is -3.88. The van der Waals surface area contributed by atoms with Crippen LogP contribution < -0.4 is 4.74 Å². The summed E-state index contributed by atoms with van der Waals surface area (Å²) < 4.78 is 48.5. The van der Waals surface area contributed by atoms with Gasteiger partial charge in [-0.1, -0.05) is 50.1 Å². The van der Waals surface area contributed by atoms with Gasteiger partial charge in [0.1, 0.15) is 6.61 Å². The number of rotatable bonds is 10. The van der Waals surface area contributed by atoms with E-state index in [0.717, 1.165) is 22.4 Å². The second-order valence-electron chi connectivity index (χ2n) is 9.52. The quantitative estimate of drug-likeness (QED) is 0.341. The molecule has 1 aromatic heterocycles. The van der Waals surface area contributed by atoms with Gasteiger partial charge in [-0.3, -0.25) is 4.79 Å². The van der Waals surface area contributed by atoms with Crippen molar-refractivity contribution in [2.24, 2.45) is 5.92 Å². The Morgan fingerprint density at radius 2 is 1.92 bits per heavy atom. The van der Waals surface area contributed by atoms with Gasteiger partial charge in [0.05, 0.1) is 17.5 Å². The zero-order chi connectivity index (χ0) is 26.6. The van der Waals surface area contributed by atoms with Crippen LogP contribution in [0.3, 0.4) is 0 Å². The molecule has 2 atom stereocenters. The van der Waals surface area contributed by atoms with Crippen molar-refractivity contribution >= 4 is 27.3 Å². The van der Waals surface area contributed by atoms with Gasteiger partial charge in [0.2, 0.25) is 15.9 Å². The van der Waals surface area contributed by atoms with E-state index in [1.54, 1.807) is 58.7 Å². The van der Waals surface area contributed by atoms with E-state index in [1.165, 1.54) is 10.4 Å². The number of hydrogen-bond donors (Lipinski definition) is 0. The smallest absolute Gasteiger partial charge is 0.243 e. The van der Waals surface area contributed by atoms with E-state index in [2.05, 4.69) is 0 Å². The van der Waals surface area contributed by atoms with Crippen LogP contribution in [0.4, 0.5) is 4.39 Å². The molecule has 0 fully saturated rings. The highest BCUT2D eigenvalue weighted by Gasteiger charge is 2.35. The van der Waals surface area contributed by atoms with Gasteiger partial charge in [0.25, 0.3) is 0 Å². The molecule has 0 N–H and O–H groups in total. The number of hydrogen-bond acceptors (Lipinski definition) is 5. The number of nitrogens with zero attached hydrogens (tertiary/aromatic N) is 2. The Kier molecular flexibility index (Phi) is 8.67. The molecule has 3 aromatic rings. The van der Waals surface area contributed by atoms with Crippen molar-refractivity contribution in [1.82, 2.24) is 9.21 Å². The SMILES string of the molecule is CC[C@H](C)CN(CC(=O)N1CCc2sccc2[C@@H]1COc1ccccc1F)S(=O)(=O)c1ccc(C)cc1. The number of benzene rings is 2. The number of carbonyl (C=O) groups excluding carboxylic acids is 1. The Balaban J connectivity index is 1.59. The van der Waals surface area contributed by atoms with E-state index in [1.807, 2.05) is 32.2 Å². The van der Waals surface area contributed by atoms with Gasteiger partial charge in [-0.25, -0.2) is 12.8 Å². The third-order valence-corrected chi connectivity index (χ3v) is 9.65. The Bertz CT molecular complexity index is 1320. The molecule has 1 aliphatic rings. The summed E-state index contributed by atoms with van der Waals surface area (Å²) in [5, 5.41) is 1.98. The van der Waals surface area contributed by atoms with E-state index >= 15 is 0 Å². The fourth-order valence-corrected chi connectivity index (χ4v) is 6.87. The standard InChI is InChI=1S/C28H33FN2O4S2/c1-4-20(2)17-30(37(33,34)22-11-9-21(3)10-12-22)18-28(32)31-15-13-27-23(14-16-36-27)25(31)19-35-26-8-6-5-7-24(26)29/h5-12,14,16,20,25H,4,13,15,17-19H2,1-3H3/t20-,25-/m0/s1. The highest BCUT2D eigenvalue weighted by Crippen LogP contribution is 2.34. The van der Waals surface area contributed by atoms with Gasteiger partial charge in [-0.05, 0) is 60.5 Å². The van der Waals surface area contributed by atoms with Crippen LogP contribution in [0.5, 0.6) is 5.75 Å². The first-order valence-corrected chi connectivity index (χ1v) is 14.8. The molecule has 0 saturated carbocycles. The van der Waals surface area contributed by atoms with E-state index in [-0.39, 0.29) is 42.2 Å². The first kappa shape index (κ1) is 27.3. The molecular weight excluding hydrogens is 511 g/mol.